The minimum Gasteiger partial charge on any atom is -0.496 e. The number of carbonyl (C=O) groups excluding carboxylic acids is 1. The predicted octanol–water partition coefficient (Wildman–Crippen LogP) is 4.40. The Bertz CT molecular complexity index is 942. The third-order valence-corrected chi connectivity index (χ3v) is 4.33. The number of benzene rings is 2. The first-order valence-electron chi connectivity index (χ1n) is 9.55. The molecule has 0 unspecified atom stereocenters. The van der Waals surface area contributed by atoms with Crippen LogP contribution in [0.4, 0.5) is 11.4 Å². The van der Waals surface area contributed by atoms with E-state index in [1.165, 1.54) is 0 Å². The molecule has 0 fully saturated rings. The molecule has 29 heavy (non-hydrogen) atoms. The highest BCUT2D eigenvalue weighted by Gasteiger charge is 2.09. The summed E-state index contributed by atoms with van der Waals surface area (Å²) < 4.78 is 10.8. The third kappa shape index (κ3) is 5.72. The maximum absolute atomic E-state index is 12.5. The number of nitrogens with zero attached hydrogens (tertiary/aromatic N) is 1. The number of hydrogen-bond donors (Lipinski definition) is 2. The van der Waals surface area contributed by atoms with Gasteiger partial charge in [0.1, 0.15) is 17.2 Å². The van der Waals surface area contributed by atoms with Crippen LogP contribution in [0.3, 0.4) is 0 Å². The van der Waals surface area contributed by atoms with Gasteiger partial charge in [-0.1, -0.05) is 18.2 Å². The first-order valence-corrected chi connectivity index (χ1v) is 9.55. The van der Waals surface area contributed by atoms with E-state index in [4.69, 9.17) is 9.47 Å². The first-order chi connectivity index (χ1) is 14.2. The van der Waals surface area contributed by atoms with E-state index in [0.717, 1.165) is 29.2 Å². The maximum Gasteiger partial charge on any atom is 0.274 e. The molecule has 3 aromatic rings. The summed E-state index contributed by atoms with van der Waals surface area (Å²) in [6, 6.07) is 18.8. The molecular weight excluding hydrogens is 366 g/mol. The average molecular weight is 391 g/mol. The number of para-hydroxylation sites is 1. The monoisotopic (exact) mass is 391 g/mol. The fraction of sp³-hybridized carbons (Fsp3) is 0.217. The predicted molar refractivity (Wildman–Crippen MR) is 115 cm³/mol. The van der Waals surface area contributed by atoms with Crippen molar-refractivity contribution in [3.05, 3.63) is 78.1 Å². The zero-order chi connectivity index (χ0) is 20.5. The second kappa shape index (κ2) is 10.1. The van der Waals surface area contributed by atoms with Gasteiger partial charge in [0.2, 0.25) is 0 Å². The van der Waals surface area contributed by atoms with Crippen molar-refractivity contribution >= 4 is 17.3 Å². The fourth-order valence-corrected chi connectivity index (χ4v) is 2.91. The Balaban J connectivity index is 1.57. The second-order valence-corrected chi connectivity index (χ2v) is 6.33. The van der Waals surface area contributed by atoms with Crippen LogP contribution in [-0.2, 0) is 6.42 Å². The highest BCUT2D eigenvalue weighted by molar-refractivity contribution is 6.03. The van der Waals surface area contributed by atoms with Gasteiger partial charge in [0.15, 0.2) is 0 Å². The molecule has 6 heteroatoms. The van der Waals surface area contributed by atoms with Crippen molar-refractivity contribution < 1.29 is 14.3 Å². The molecule has 2 aromatic carbocycles. The van der Waals surface area contributed by atoms with Crippen LogP contribution < -0.4 is 20.1 Å². The lowest BCUT2D eigenvalue weighted by Gasteiger charge is -2.11. The minimum atomic E-state index is -0.262. The third-order valence-electron chi connectivity index (χ3n) is 4.33. The van der Waals surface area contributed by atoms with E-state index < -0.39 is 0 Å². The lowest BCUT2D eigenvalue weighted by Crippen LogP contribution is -2.14. The molecule has 0 atom stereocenters. The summed E-state index contributed by atoms with van der Waals surface area (Å²) in [6.07, 6.45) is 2.43. The molecule has 0 radical (unpaired) electrons. The Morgan fingerprint density at radius 2 is 1.83 bits per heavy atom. The SMILES string of the molecule is CCOc1ccc(NC(=O)c2cc(NCCc3ccccc3OC)ccn2)cc1. The lowest BCUT2D eigenvalue weighted by atomic mass is 10.1. The van der Waals surface area contributed by atoms with Crippen molar-refractivity contribution in [2.24, 2.45) is 0 Å². The molecule has 1 heterocycles. The van der Waals surface area contributed by atoms with Crippen LogP contribution in [0.5, 0.6) is 11.5 Å². The van der Waals surface area contributed by atoms with Gasteiger partial charge in [-0.3, -0.25) is 9.78 Å². The second-order valence-electron chi connectivity index (χ2n) is 6.33. The van der Waals surface area contributed by atoms with E-state index in [9.17, 15) is 4.79 Å². The molecule has 0 saturated heterocycles. The van der Waals surface area contributed by atoms with Crippen LogP contribution in [0.1, 0.15) is 23.0 Å². The van der Waals surface area contributed by atoms with Crippen molar-refractivity contribution in [2.45, 2.75) is 13.3 Å². The highest BCUT2D eigenvalue weighted by atomic mass is 16.5. The van der Waals surface area contributed by atoms with Crippen molar-refractivity contribution in [1.29, 1.82) is 0 Å². The van der Waals surface area contributed by atoms with Crippen LogP contribution in [0.2, 0.25) is 0 Å². The number of pyridine rings is 1. The van der Waals surface area contributed by atoms with Gasteiger partial charge in [0, 0.05) is 24.1 Å². The van der Waals surface area contributed by atoms with Gasteiger partial charge < -0.3 is 20.1 Å². The Kier molecular flexibility index (Phi) is 7.05. The topological polar surface area (TPSA) is 72.5 Å². The normalized spacial score (nSPS) is 10.3. The van der Waals surface area contributed by atoms with Crippen molar-refractivity contribution in [3.8, 4) is 11.5 Å². The summed E-state index contributed by atoms with van der Waals surface area (Å²) in [7, 11) is 1.67. The largest absolute Gasteiger partial charge is 0.496 e. The number of ether oxygens (including phenoxy) is 2. The zero-order valence-electron chi connectivity index (χ0n) is 16.6. The molecule has 0 aliphatic heterocycles. The maximum atomic E-state index is 12.5. The van der Waals surface area contributed by atoms with Crippen molar-refractivity contribution in [2.75, 3.05) is 30.9 Å². The molecule has 2 N–H and O–H groups in total. The van der Waals surface area contributed by atoms with E-state index in [0.29, 0.717) is 24.5 Å². The standard InChI is InChI=1S/C23H25N3O3/c1-3-29-20-10-8-18(9-11-20)26-23(27)21-16-19(13-15-25-21)24-14-12-17-6-4-5-7-22(17)28-2/h4-11,13,15-16H,3,12,14H2,1-2H3,(H,24,25)(H,26,27). The number of rotatable bonds is 9. The average Bonchev–Trinajstić information content (AvgIpc) is 2.76. The number of carbonyl (C=O) groups is 1. The van der Waals surface area contributed by atoms with Gasteiger partial charge in [-0.05, 0) is 61.4 Å². The van der Waals surface area contributed by atoms with Gasteiger partial charge in [-0.2, -0.15) is 0 Å². The molecule has 0 saturated carbocycles. The minimum absolute atomic E-state index is 0.262. The quantitative estimate of drug-likeness (QED) is 0.566. The Morgan fingerprint density at radius 3 is 2.59 bits per heavy atom. The molecule has 0 spiro atoms. The van der Waals surface area contributed by atoms with Gasteiger partial charge in [-0.25, -0.2) is 0 Å². The zero-order valence-corrected chi connectivity index (χ0v) is 16.6. The summed E-state index contributed by atoms with van der Waals surface area (Å²) in [5, 5.41) is 6.18. The summed E-state index contributed by atoms with van der Waals surface area (Å²) >= 11 is 0. The number of methoxy groups -OCH3 is 1. The Morgan fingerprint density at radius 1 is 1.03 bits per heavy atom. The number of nitrogens with one attached hydrogen (secondary N) is 2. The van der Waals surface area contributed by atoms with E-state index in [-0.39, 0.29) is 5.91 Å². The number of aromatic nitrogens is 1. The molecule has 1 aromatic heterocycles. The van der Waals surface area contributed by atoms with Gasteiger partial charge in [0.05, 0.1) is 13.7 Å². The molecule has 3 rings (SSSR count). The molecule has 0 aliphatic carbocycles. The summed E-state index contributed by atoms with van der Waals surface area (Å²) in [6.45, 7) is 3.25. The van der Waals surface area contributed by atoms with Gasteiger partial charge >= 0.3 is 0 Å². The Hall–Kier alpha value is -3.54. The van der Waals surface area contributed by atoms with Crippen LogP contribution in [0.15, 0.2) is 66.9 Å². The van der Waals surface area contributed by atoms with Crippen molar-refractivity contribution in [1.82, 2.24) is 4.98 Å². The van der Waals surface area contributed by atoms with Gasteiger partial charge in [-0.15, -0.1) is 0 Å². The molecule has 0 bridgehead atoms. The number of anilines is 2. The van der Waals surface area contributed by atoms with Crippen LogP contribution >= 0.6 is 0 Å². The van der Waals surface area contributed by atoms with Crippen LogP contribution in [0.25, 0.3) is 0 Å². The number of amides is 1. The van der Waals surface area contributed by atoms with Crippen LogP contribution in [-0.4, -0.2) is 31.2 Å². The van der Waals surface area contributed by atoms with E-state index >= 15 is 0 Å². The molecule has 1 amide bonds. The Labute approximate surface area is 170 Å². The van der Waals surface area contributed by atoms with Gasteiger partial charge in [0.25, 0.3) is 5.91 Å². The summed E-state index contributed by atoms with van der Waals surface area (Å²) in [5.41, 5.74) is 3.01. The van der Waals surface area contributed by atoms with E-state index in [2.05, 4.69) is 15.6 Å². The molecular formula is C23H25N3O3. The number of hydrogen-bond acceptors (Lipinski definition) is 5. The first kappa shape index (κ1) is 20.2. The summed E-state index contributed by atoms with van der Waals surface area (Å²) in [4.78, 5) is 16.7. The van der Waals surface area contributed by atoms with Crippen LogP contribution in [0, 0.1) is 0 Å². The molecule has 150 valence electrons. The smallest absolute Gasteiger partial charge is 0.274 e. The molecule has 6 nitrogen and oxygen atoms in total. The molecule has 0 aliphatic rings. The van der Waals surface area contributed by atoms with Crippen molar-refractivity contribution in [3.63, 3.8) is 0 Å². The van der Waals surface area contributed by atoms with E-state index in [1.807, 2.05) is 49.4 Å². The fourth-order valence-electron chi connectivity index (χ4n) is 2.91. The highest BCUT2D eigenvalue weighted by Crippen LogP contribution is 2.19. The van der Waals surface area contributed by atoms with E-state index in [1.54, 1.807) is 31.5 Å². The summed E-state index contributed by atoms with van der Waals surface area (Å²) in [5.74, 6) is 1.38. The lowest BCUT2D eigenvalue weighted by molar-refractivity contribution is 0.102.